The lowest BCUT2D eigenvalue weighted by atomic mass is 10.0. The molecular weight excluding hydrogens is 334 g/mol. The highest BCUT2D eigenvalue weighted by molar-refractivity contribution is 5.84. The van der Waals surface area contributed by atoms with Crippen LogP contribution in [0, 0.1) is 0 Å². The molecule has 0 aliphatic rings. The number of fused-ring (bicyclic) bond motifs is 1. The number of pyridine rings is 2. The smallest absolute Gasteiger partial charge is 0.137 e. The summed E-state index contributed by atoms with van der Waals surface area (Å²) in [6.45, 7) is 2.22. The molecular formula is C23H25N3O. The van der Waals surface area contributed by atoms with Crippen LogP contribution in [0.25, 0.3) is 22.2 Å². The number of aromatic nitrogens is 3. The highest BCUT2D eigenvalue weighted by Crippen LogP contribution is 2.27. The van der Waals surface area contributed by atoms with E-state index in [1.54, 1.807) is 24.5 Å². The van der Waals surface area contributed by atoms with Crippen LogP contribution in [0.1, 0.15) is 31.7 Å². The van der Waals surface area contributed by atoms with Gasteiger partial charge in [0.15, 0.2) is 0 Å². The lowest BCUT2D eigenvalue weighted by Crippen LogP contribution is -1.85. The molecule has 4 aromatic rings. The molecule has 3 heterocycles. The molecule has 27 heavy (non-hydrogen) atoms. The third-order valence-corrected chi connectivity index (χ3v) is 4.41. The Kier molecular flexibility index (Phi) is 6.58. The molecule has 0 fully saturated rings. The Morgan fingerprint density at radius 3 is 2.48 bits per heavy atom. The zero-order valence-electron chi connectivity index (χ0n) is 15.6. The molecule has 0 saturated carbocycles. The molecule has 0 unspecified atom stereocenters. The minimum Gasteiger partial charge on any atom is -0.508 e. The number of unbranched alkanes of at least 4 members (excludes halogenated alkanes) is 2. The minimum atomic E-state index is 0.282. The van der Waals surface area contributed by atoms with Gasteiger partial charge in [-0.05, 0) is 54.3 Å². The quantitative estimate of drug-likeness (QED) is 0.446. The van der Waals surface area contributed by atoms with E-state index in [0.717, 1.165) is 23.2 Å². The lowest BCUT2D eigenvalue weighted by Gasteiger charge is -2.04. The summed E-state index contributed by atoms with van der Waals surface area (Å²) in [7, 11) is 0. The maximum Gasteiger partial charge on any atom is 0.137 e. The van der Waals surface area contributed by atoms with E-state index in [0.29, 0.717) is 0 Å². The first-order chi connectivity index (χ1) is 13.3. The Hall–Kier alpha value is -3.14. The Bertz CT molecular complexity index is 937. The average molecular weight is 359 g/mol. The van der Waals surface area contributed by atoms with Crippen LogP contribution in [0.5, 0.6) is 5.75 Å². The van der Waals surface area contributed by atoms with Gasteiger partial charge in [0.1, 0.15) is 11.4 Å². The van der Waals surface area contributed by atoms with Crippen LogP contribution in [0.4, 0.5) is 0 Å². The van der Waals surface area contributed by atoms with E-state index < -0.39 is 0 Å². The van der Waals surface area contributed by atoms with Gasteiger partial charge in [0, 0.05) is 35.7 Å². The number of phenols is 1. The van der Waals surface area contributed by atoms with Crippen molar-refractivity contribution < 1.29 is 5.11 Å². The summed E-state index contributed by atoms with van der Waals surface area (Å²) in [5.74, 6) is 0.282. The molecule has 0 atom stereocenters. The molecule has 1 aromatic carbocycles. The van der Waals surface area contributed by atoms with Crippen molar-refractivity contribution in [2.75, 3.05) is 0 Å². The number of rotatable bonds is 5. The third kappa shape index (κ3) is 5.17. The Morgan fingerprint density at radius 1 is 0.963 bits per heavy atom. The number of phenolic OH excluding ortho intramolecular Hbond substituents is 1. The van der Waals surface area contributed by atoms with Gasteiger partial charge in [-0.1, -0.05) is 38.0 Å². The van der Waals surface area contributed by atoms with Gasteiger partial charge in [0.05, 0.1) is 0 Å². The van der Waals surface area contributed by atoms with Crippen molar-refractivity contribution in [1.29, 1.82) is 0 Å². The fourth-order valence-corrected chi connectivity index (χ4v) is 2.99. The molecule has 0 aliphatic carbocycles. The van der Waals surface area contributed by atoms with Crippen molar-refractivity contribution in [2.45, 2.75) is 32.6 Å². The predicted octanol–water partition coefficient (Wildman–Crippen LogP) is 5.75. The van der Waals surface area contributed by atoms with E-state index in [2.05, 4.69) is 34.1 Å². The van der Waals surface area contributed by atoms with Gasteiger partial charge in [-0.3, -0.25) is 4.98 Å². The minimum absolute atomic E-state index is 0.282. The van der Waals surface area contributed by atoms with Gasteiger partial charge in [0.25, 0.3) is 0 Å². The van der Waals surface area contributed by atoms with E-state index in [-0.39, 0.29) is 5.75 Å². The number of hydrogen-bond acceptors (Lipinski definition) is 3. The second-order valence-electron chi connectivity index (χ2n) is 6.47. The van der Waals surface area contributed by atoms with Crippen LogP contribution in [0.15, 0.2) is 73.3 Å². The van der Waals surface area contributed by atoms with Crippen LogP contribution in [-0.4, -0.2) is 20.1 Å². The number of nitrogens with zero attached hydrogens (tertiary/aromatic N) is 2. The SMILES string of the molecule is CCCCCc1c[nH]c2ncc(-c3cccc(O)c3)cc12.c1ccncc1. The van der Waals surface area contributed by atoms with Crippen molar-refractivity contribution in [2.24, 2.45) is 0 Å². The molecule has 0 spiro atoms. The number of H-pyrrole nitrogens is 1. The zero-order valence-corrected chi connectivity index (χ0v) is 15.6. The van der Waals surface area contributed by atoms with Crippen LogP contribution in [0.3, 0.4) is 0 Å². The number of aromatic amines is 1. The first-order valence-electron chi connectivity index (χ1n) is 9.38. The van der Waals surface area contributed by atoms with Gasteiger partial charge in [-0.25, -0.2) is 4.98 Å². The van der Waals surface area contributed by atoms with Gasteiger partial charge in [0.2, 0.25) is 0 Å². The second kappa shape index (κ2) is 9.53. The molecule has 2 N–H and O–H groups in total. The molecule has 4 rings (SSSR count). The summed E-state index contributed by atoms with van der Waals surface area (Å²) >= 11 is 0. The van der Waals surface area contributed by atoms with Crippen molar-refractivity contribution in [3.05, 3.63) is 78.9 Å². The summed E-state index contributed by atoms with van der Waals surface area (Å²) < 4.78 is 0. The number of aromatic hydroxyl groups is 1. The highest BCUT2D eigenvalue weighted by Gasteiger charge is 2.07. The molecule has 3 aromatic heterocycles. The highest BCUT2D eigenvalue weighted by atomic mass is 16.3. The molecule has 0 radical (unpaired) electrons. The maximum atomic E-state index is 9.62. The lowest BCUT2D eigenvalue weighted by molar-refractivity contribution is 0.475. The van der Waals surface area contributed by atoms with Crippen molar-refractivity contribution in [3.8, 4) is 16.9 Å². The van der Waals surface area contributed by atoms with Crippen molar-refractivity contribution in [1.82, 2.24) is 15.0 Å². The summed E-state index contributed by atoms with van der Waals surface area (Å²) in [5.41, 5.74) is 4.29. The Labute approximate surface area is 160 Å². The summed E-state index contributed by atoms with van der Waals surface area (Å²) in [6, 6.07) is 15.2. The largest absolute Gasteiger partial charge is 0.508 e. The number of aryl methyl sites for hydroxylation is 1. The third-order valence-electron chi connectivity index (χ3n) is 4.41. The monoisotopic (exact) mass is 359 g/mol. The van der Waals surface area contributed by atoms with E-state index in [1.807, 2.05) is 36.5 Å². The number of benzene rings is 1. The van der Waals surface area contributed by atoms with Crippen LogP contribution in [-0.2, 0) is 6.42 Å². The number of nitrogens with one attached hydrogen (secondary N) is 1. The molecule has 138 valence electrons. The van der Waals surface area contributed by atoms with Gasteiger partial charge in [-0.2, -0.15) is 0 Å². The zero-order chi connectivity index (χ0) is 18.9. The van der Waals surface area contributed by atoms with Crippen molar-refractivity contribution >= 4 is 11.0 Å². The average Bonchev–Trinajstić information content (AvgIpc) is 3.12. The predicted molar refractivity (Wildman–Crippen MR) is 111 cm³/mol. The molecule has 0 bridgehead atoms. The standard InChI is InChI=1S/C18H20N2O.C5H5N/c1-2-3-4-6-14-11-19-18-17(14)10-15(12-20-18)13-7-5-8-16(21)9-13;1-2-4-6-5-3-1/h5,7-12,21H,2-4,6H2,1H3,(H,19,20);1-5H. The molecule has 0 amide bonds. The molecule has 4 heteroatoms. The van der Waals surface area contributed by atoms with E-state index in [1.165, 1.54) is 30.2 Å². The first kappa shape index (κ1) is 18.6. The fraction of sp³-hybridized carbons (Fsp3) is 0.217. The number of hydrogen-bond donors (Lipinski definition) is 2. The Morgan fingerprint density at radius 2 is 1.81 bits per heavy atom. The van der Waals surface area contributed by atoms with Gasteiger partial charge < -0.3 is 10.1 Å². The fourth-order valence-electron chi connectivity index (χ4n) is 2.99. The van der Waals surface area contributed by atoms with Crippen LogP contribution >= 0.6 is 0 Å². The van der Waals surface area contributed by atoms with Crippen molar-refractivity contribution in [3.63, 3.8) is 0 Å². The molecule has 4 nitrogen and oxygen atoms in total. The topological polar surface area (TPSA) is 61.8 Å². The molecule has 0 aliphatic heterocycles. The van der Waals surface area contributed by atoms with Gasteiger partial charge >= 0.3 is 0 Å². The maximum absolute atomic E-state index is 9.62. The Balaban J connectivity index is 0.000000299. The summed E-state index contributed by atoms with van der Waals surface area (Å²) in [6.07, 6.45) is 12.2. The first-order valence-corrected chi connectivity index (χ1v) is 9.38. The summed E-state index contributed by atoms with van der Waals surface area (Å²) in [4.78, 5) is 11.5. The molecule has 0 saturated heterocycles. The van der Waals surface area contributed by atoms with Crippen LogP contribution in [0.2, 0.25) is 0 Å². The normalized spacial score (nSPS) is 10.4. The van der Waals surface area contributed by atoms with Crippen LogP contribution < -0.4 is 0 Å². The summed E-state index contributed by atoms with van der Waals surface area (Å²) in [5, 5.41) is 10.8. The van der Waals surface area contributed by atoms with E-state index in [4.69, 9.17) is 0 Å². The van der Waals surface area contributed by atoms with Gasteiger partial charge in [-0.15, -0.1) is 0 Å². The van der Waals surface area contributed by atoms with E-state index >= 15 is 0 Å². The second-order valence-corrected chi connectivity index (χ2v) is 6.47. The van der Waals surface area contributed by atoms with E-state index in [9.17, 15) is 5.11 Å².